The highest BCUT2D eigenvalue weighted by Crippen LogP contribution is 2.20. The number of hydrogen-bond acceptors (Lipinski definition) is 3. The number of halogens is 1. The SMILES string of the molecule is CC(CCC(=O)O)NC(=O)c1cc(-c2ccc(Cl)cc2)n[nH]1. The number of nitrogens with zero attached hydrogens (tertiary/aromatic N) is 1. The summed E-state index contributed by atoms with van der Waals surface area (Å²) in [5.74, 6) is -1.20. The van der Waals surface area contributed by atoms with Crippen molar-refractivity contribution in [3.63, 3.8) is 0 Å². The minimum Gasteiger partial charge on any atom is -0.481 e. The lowest BCUT2D eigenvalue weighted by Gasteiger charge is -2.11. The molecule has 0 radical (unpaired) electrons. The second-order valence-corrected chi connectivity index (χ2v) is 5.42. The summed E-state index contributed by atoms with van der Waals surface area (Å²) >= 11 is 5.83. The van der Waals surface area contributed by atoms with Gasteiger partial charge in [0.15, 0.2) is 0 Å². The van der Waals surface area contributed by atoms with E-state index in [0.29, 0.717) is 22.8 Å². The number of benzene rings is 1. The van der Waals surface area contributed by atoms with Gasteiger partial charge in [0.1, 0.15) is 5.69 Å². The highest BCUT2D eigenvalue weighted by molar-refractivity contribution is 6.30. The van der Waals surface area contributed by atoms with Crippen molar-refractivity contribution in [3.05, 3.63) is 41.0 Å². The standard InChI is InChI=1S/C15H16ClN3O3/c1-9(2-7-14(20)21)17-15(22)13-8-12(18-19-13)10-3-5-11(16)6-4-10/h3-6,8-9H,2,7H2,1H3,(H,17,22)(H,18,19)(H,20,21). The lowest BCUT2D eigenvalue weighted by atomic mass is 10.1. The van der Waals surface area contributed by atoms with E-state index in [1.54, 1.807) is 25.1 Å². The number of carbonyl (C=O) groups excluding carboxylic acids is 1. The van der Waals surface area contributed by atoms with E-state index < -0.39 is 5.97 Å². The first-order valence-corrected chi connectivity index (χ1v) is 7.17. The van der Waals surface area contributed by atoms with E-state index in [0.717, 1.165) is 5.56 Å². The maximum absolute atomic E-state index is 12.0. The summed E-state index contributed by atoms with van der Waals surface area (Å²) in [7, 11) is 0. The Kier molecular flexibility index (Phi) is 5.16. The van der Waals surface area contributed by atoms with Crippen molar-refractivity contribution in [2.45, 2.75) is 25.8 Å². The molecule has 116 valence electrons. The van der Waals surface area contributed by atoms with Crippen LogP contribution in [0.15, 0.2) is 30.3 Å². The number of amides is 1. The van der Waals surface area contributed by atoms with Gasteiger partial charge in [-0.05, 0) is 31.5 Å². The Morgan fingerprint density at radius 1 is 1.36 bits per heavy atom. The van der Waals surface area contributed by atoms with Crippen molar-refractivity contribution < 1.29 is 14.7 Å². The van der Waals surface area contributed by atoms with Gasteiger partial charge in [0.2, 0.25) is 0 Å². The molecule has 0 saturated heterocycles. The molecule has 2 aromatic rings. The van der Waals surface area contributed by atoms with Gasteiger partial charge in [-0.25, -0.2) is 0 Å². The second kappa shape index (κ2) is 7.09. The quantitative estimate of drug-likeness (QED) is 0.762. The van der Waals surface area contributed by atoms with Gasteiger partial charge < -0.3 is 10.4 Å². The van der Waals surface area contributed by atoms with Crippen LogP contribution in [0.3, 0.4) is 0 Å². The zero-order valence-corrected chi connectivity index (χ0v) is 12.7. The molecule has 1 atom stereocenters. The van der Waals surface area contributed by atoms with Crippen LogP contribution in [0.1, 0.15) is 30.3 Å². The third-order valence-electron chi connectivity index (χ3n) is 3.13. The largest absolute Gasteiger partial charge is 0.481 e. The molecule has 0 aliphatic rings. The average Bonchev–Trinajstić information content (AvgIpc) is 2.96. The number of H-pyrrole nitrogens is 1. The van der Waals surface area contributed by atoms with E-state index in [1.807, 2.05) is 12.1 Å². The first-order chi connectivity index (χ1) is 10.5. The Morgan fingerprint density at radius 2 is 2.05 bits per heavy atom. The van der Waals surface area contributed by atoms with Gasteiger partial charge in [0.05, 0.1) is 5.69 Å². The monoisotopic (exact) mass is 321 g/mol. The van der Waals surface area contributed by atoms with Gasteiger partial charge in [0, 0.05) is 23.0 Å². The van der Waals surface area contributed by atoms with Gasteiger partial charge in [-0.15, -0.1) is 0 Å². The van der Waals surface area contributed by atoms with E-state index in [4.69, 9.17) is 16.7 Å². The van der Waals surface area contributed by atoms with Gasteiger partial charge in [0.25, 0.3) is 5.91 Å². The van der Waals surface area contributed by atoms with Crippen LogP contribution in [-0.4, -0.2) is 33.2 Å². The molecule has 0 spiro atoms. The maximum atomic E-state index is 12.0. The van der Waals surface area contributed by atoms with Crippen LogP contribution in [0, 0.1) is 0 Å². The summed E-state index contributed by atoms with van der Waals surface area (Å²) in [5, 5.41) is 18.8. The molecule has 0 aliphatic heterocycles. The first-order valence-electron chi connectivity index (χ1n) is 6.79. The summed E-state index contributed by atoms with van der Waals surface area (Å²) in [6.07, 6.45) is 0.389. The number of carboxylic acid groups (broad SMARTS) is 1. The molecule has 0 saturated carbocycles. The zero-order valence-electron chi connectivity index (χ0n) is 12.0. The Labute approximate surface area is 132 Å². The fourth-order valence-electron chi connectivity index (χ4n) is 1.92. The number of aromatic amines is 1. The van der Waals surface area contributed by atoms with E-state index in [-0.39, 0.29) is 18.4 Å². The van der Waals surface area contributed by atoms with Crippen molar-refractivity contribution in [2.24, 2.45) is 0 Å². The minimum atomic E-state index is -0.882. The molecule has 0 bridgehead atoms. The van der Waals surface area contributed by atoms with Crippen LogP contribution < -0.4 is 5.32 Å². The fraction of sp³-hybridized carbons (Fsp3) is 0.267. The average molecular weight is 322 g/mol. The molecule has 0 aliphatic carbocycles. The predicted octanol–water partition coefficient (Wildman–Crippen LogP) is 2.71. The van der Waals surface area contributed by atoms with E-state index >= 15 is 0 Å². The Hall–Kier alpha value is -2.34. The fourth-order valence-corrected chi connectivity index (χ4v) is 2.05. The molecule has 1 aromatic heterocycles. The van der Waals surface area contributed by atoms with E-state index in [9.17, 15) is 9.59 Å². The smallest absolute Gasteiger partial charge is 0.303 e. The third kappa shape index (κ3) is 4.33. The predicted molar refractivity (Wildman–Crippen MR) is 82.8 cm³/mol. The summed E-state index contributed by atoms with van der Waals surface area (Å²) in [5.41, 5.74) is 1.81. The van der Waals surface area contributed by atoms with Crippen LogP contribution in [0.4, 0.5) is 0 Å². The number of hydrogen-bond donors (Lipinski definition) is 3. The van der Waals surface area contributed by atoms with Gasteiger partial charge >= 0.3 is 5.97 Å². The van der Waals surface area contributed by atoms with Crippen LogP contribution in [0.25, 0.3) is 11.3 Å². The normalized spacial score (nSPS) is 11.9. The molecule has 3 N–H and O–H groups in total. The highest BCUT2D eigenvalue weighted by Gasteiger charge is 2.14. The molecule has 0 fully saturated rings. The second-order valence-electron chi connectivity index (χ2n) is 4.98. The van der Waals surface area contributed by atoms with Gasteiger partial charge in [-0.2, -0.15) is 5.10 Å². The van der Waals surface area contributed by atoms with Crippen molar-refractivity contribution in [2.75, 3.05) is 0 Å². The van der Waals surface area contributed by atoms with Gasteiger partial charge in [-0.1, -0.05) is 23.7 Å². The topological polar surface area (TPSA) is 95.1 Å². The van der Waals surface area contributed by atoms with Crippen LogP contribution >= 0.6 is 11.6 Å². The Morgan fingerprint density at radius 3 is 2.68 bits per heavy atom. The van der Waals surface area contributed by atoms with Crippen molar-refractivity contribution in [1.82, 2.24) is 15.5 Å². The number of aliphatic carboxylic acids is 1. The molecule has 22 heavy (non-hydrogen) atoms. The Balaban J connectivity index is 2.00. The minimum absolute atomic E-state index is 0.0143. The van der Waals surface area contributed by atoms with Crippen LogP contribution in [-0.2, 0) is 4.79 Å². The highest BCUT2D eigenvalue weighted by atomic mass is 35.5. The molecule has 1 amide bonds. The molecule has 1 heterocycles. The Bertz CT molecular complexity index is 667. The summed E-state index contributed by atoms with van der Waals surface area (Å²) in [4.78, 5) is 22.6. The molecule has 1 unspecified atom stereocenters. The van der Waals surface area contributed by atoms with Crippen molar-refractivity contribution in [1.29, 1.82) is 0 Å². The number of carbonyl (C=O) groups is 2. The number of aromatic nitrogens is 2. The summed E-state index contributed by atoms with van der Waals surface area (Å²) in [6.45, 7) is 1.76. The van der Waals surface area contributed by atoms with Gasteiger partial charge in [-0.3, -0.25) is 14.7 Å². The number of rotatable bonds is 6. The van der Waals surface area contributed by atoms with Crippen molar-refractivity contribution >= 4 is 23.5 Å². The van der Waals surface area contributed by atoms with E-state index in [1.165, 1.54) is 0 Å². The van der Waals surface area contributed by atoms with Crippen molar-refractivity contribution in [3.8, 4) is 11.3 Å². The zero-order chi connectivity index (χ0) is 16.1. The molecule has 7 heteroatoms. The summed E-state index contributed by atoms with van der Waals surface area (Å²) < 4.78 is 0. The van der Waals surface area contributed by atoms with E-state index in [2.05, 4.69) is 15.5 Å². The maximum Gasteiger partial charge on any atom is 0.303 e. The lowest BCUT2D eigenvalue weighted by molar-refractivity contribution is -0.137. The third-order valence-corrected chi connectivity index (χ3v) is 3.38. The molecule has 2 rings (SSSR count). The number of carboxylic acids is 1. The van der Waals surface area contributed by atoms with Crippen LogP contribution in [0.2, 0.25) is 5.02 Å². The molecule has 6 nitrogen and oxygen atoms in total. The lowest BCUT2D eigenvalue weighted by Crippen LogP contribution is -2.33. The number of nitrogens with one attached hydrogen (secondary N) is 2. The molecular formula is C15H16ClN3O3. The summed E-state index contributed by atoms with van der Waals surface area (Å²) in [6, 6.07) is 8.54. The first kappa shape index (κ1) is 16.0. The molecular weight excluding hydrogens is 306 g/mol. The molecule has 1 aromatic carbocycles. The van der Waals surface area contributed by atoms with Crippen LogP contribution in [0.5, 0.6) is 0 Å².